The largest absolute Gasteiger partial charge is 0.309 e. The summed E-state index contributed by atoms with van der Waals surface area (Å²) in [4.78, 5) is 4.35. The average molecular weight is 250 g/mol. The molecule has 4 nitrogen and oxygen atoms in total. The van der Waals surface area contributed by atoms with Crippen LogP contribution in [0.2, 0.25) is 0 Å². The molecule has 0 aliphatic heterocycles. The number of nitrogens with zero attached hydrogens (tertiary/aromatic N) is 3. The van der Waals surface area contributed by atoms with E-state index in [0.717, 1.165) is 23.7 Å². The molecule has 2 rings (SSSR count). The molecular weight excluding hydrogens is 232 g/mol. The Morgan fingerprint density at radius 2 is 2.35 bits per heavy atom. The summed E-state index contributed by atoms with van der Waals surface area (Å²) >= 11 is 1.70. The Bertz CT molecular complexity index is 461. The Morgan fingerprint density at radius 3 is 2.88 bits per heavy atom. The van der Waals surface area contributed by atoms with Crippen LogP contribution in [0.4, 0.5) is 0 Å². The van der Waals surface area contributed by atoms with E-state index in [1.165, 1.54) is 5.69 Å². The first-order valence-electron chi connectivity index (χ1n) is 5.83. The maximum atomic E-state index is 4.40. The normalized spacial score (nSPS) is 12.9. The van der Waals surface area contributed by atoms with Gasteiger partial charge in [0.2, 0.25) is 0 Å². The van der Waals surface area contributed by atoms with Gasteiger partial charge < -0.3 is 5.32 Å². The number of likely N-dealkylation sites (N-methyl/N-ethyl adjacent to an activating group) is 1. The van der Waals surface area contributed by atoms with E-state index < -0.39 is 0 Å². The summed E-state index contributed by atoms with van der Waals surface area (Å²) in [5, 5.41) is 11.1. The first kappa shape index (κ1) is 12.3. The van der Waals surface area contributed by atoms with Crippen molar-refractivity contribution in [1.82, 2.24) is 20.1 Å². The van der Waals surface area contributed by atoms with Crippen LogP contribution in [0.25, 0.3) is 0 Å². The fraction of sp³-hybridized carbons (Fsp3) is 0.500. The second-order valence-electron chi connectivity index (χ2n) is 4.07. The third-order valence-corrected chi connectivity index (χ3v) is 3.51. The summed E-state index contributed by atoms with van der Waals surface area (Å²) in [6.07, 6.45) is 2.78. The van der Waals surface area contributed by atoms with Crippen molar-refractivity contribution in [3.63, 3.8) is 0 Å². The first-order chi connectivity index (χ1) is 8.20. The van der Waals surface area contributed by atoms with Crippen LogP contribution in [0, 0.1) is 6.92 Å². The van der Waals surface area contributed by atoms with E-state index in [4.69, 9.17) is 0 Å². The summed E-state index contributed by atoms with van der Waals surface area (Å²) in [6.45, 7) is 5.09. The second-order valence-corrected chi connectivity index (χ2v) is 5.05. The highest BCUT2D eigenvalue weighted by Crippen LogP contribution is 2.20. The quantitative estimate of drug-likeness (QED) is 0.883. The Kier molecular flexibility index (Phi) is 3.91. The van der Waals surface area contributed by atoms with Crippen molar-refractivity contribution in [3.8, 4) is 0 Å². The Balaban J connectivity index is 2.19. The molecule has 0 saturated heterocycles. The second kappa shape index (κ2) is 5.42. The van der Waals surface area contributed by atoms with Gasteiger partial charge in [-0.2, -0.15) is 5.10 Å². The van der Waals surface area contributed by atoms with Crippen LogP contribution < -0.4 is 5.32 Å². The molecule has 0 aromatic carbocycles. The summed E-state index contributed by atoms with van der Waals surface area (Å²) < 4.78 is 1.95. The minimum Gasteiger partial charge on any atom is -0.309 e. The molecule has 0 radical (unpaired) electrons. The van der Waals surface area contributed by atoms with Crippen molar-refractivity contribution in [2.45, 2.75) is 26.3 Å². The van der Waals surface area contributed by atoms with Crippen LogP contribution in [0.15, 0.2) is 17.6 Å². The van der Waals surface area contributed by atoms with Gasteiger partial charge in [0.1, 0.15) is 0 Å². The highest BCUT2D eigenvalue weighted by atomic mass is 32.1. The maximum Gasteiger partial charge on any atom is 0.0944 e. The highest BCUT2D eigenvalue weighted by Gasteiger charge is 2.16. The summed E-state index contributed by atoms with van der Waals surface area (Å²) in [6, 6.07) is 2.43. The van der Waals surface area contributed by atoms with Gasteiger partial charge in [-0.05, 0) is 19.5 Å². The molecule has 0 amide bonds. The van der Waals surface area contributed by atoms with Crippen molar-refractivity contribution < 1.29 is 0 Å². The Hall–Kier alpha value is -1.20. The molecule has 0 fully saturated rings. The molecule has 5 heteroatoms. The standard InChI is InChI=1S/C12H18N4S/c1-4-13-10(8-12-14-5-6-17-12)11-7-9(2)15-16(11)3/h5-7,10,13H,4,8H2,1-3H3. The zero-order valence-corrected chi connectivity index (χ0v) is 11.3. The molecule has 1 atom stereocenters. The molecule has 92 valence electrons. The molecule has 2 aromatic heterocycles. The third kappa shape index (κ3) is 2.92. The van der Waals surface area contributed by atoms with E-state index >= 15 is 0 Å². The fourth-order valence-electron chi connectivity index (χ4n) is 2.01. The molecule has 2 heterocycles. The first-order valence-corrected chi connectivity index (χ1v) is 6.71. The van der Waals surface area contributed by atoms with Gasteiger partial charge in [-0.3, -0.25) is 4.68 Å². The van der Waals surface area contributed by atoms with Gasteiger partial charge >= 0.3 is 0 Å². The van der Waals surface area contributed by atoms with E-state index in [9.17, 15) is 0 Å². The molecule has 0 aliphatic rings. The van der Waals surface area contributed by atoms with Gasteiger partial charge in [0, 0.05) is 25.0 Å². The lowest BCUT2D eigenvalue weighted by molar-refractivity contribution is 0.507. The van der Waals surface area contributed by atoms with E-state index in [1.807, 2.05) is 30.2 Å². The lowest BCUT2D eigenvalue weighted by atomic mass is 10.1. The van der Waals surface area contributed by atoms with E-state index in [2.05, 4.69) is 28.4 Å². The van der Waals surface area contributed by atoms with E-state index in [0.29, 0.717) is 0 Å². The summed E-state index contributed by atoms with van der Waals surface area (Å²) in [7, 11) is 1.99. The van der Waals surface area contributed by atoms with Gasteiger partial charge in [0.25, 0.3) is 0 Å². The van der Waals surface area contributed by atoms with Crippen LogP contribution in [0.3, 0.4) is 0 Å². The molecular formula is C12H18N4S. The molecule has 0 saturated carbocycles. The summed E-state index contributed by atoms with van der Waals surface area (Å²) in [5.41, 5.74) is 2.28. The van der Waals surface area contributed by atoms with Gasteiger partial charge in [0.05, 0.1) is 22.4 Å². The van der Waals surface area contributed by atoms with Gasteiger partial charge in [-0.15, -0.1) is 11.3 Å². The minimum absolute atomic E-state index is 0.289. The maximum absolute atomic E-state index is 4.40. The lowest BCUT2D eigenvalue weighted by Gasteiger charge is -2.16. The highest BCUT2D eigenvalue weighted by molar-refractivity contribution is 7.09. The SMILES string of the molecule is CCNC(Cc1nccs1)c1cc(C)nn1C. The van der Waals surface area contributed by atoms with Crippen LogP contribution in [0.1, 0.15) is 29.4 Å². The van der Waals surface area contributed by atoms with Crippen molar-refractivity contribution >= 4 is 11.3 Å². The molecule has 17 heavy (non-hydrogen) atoms. The number of thiazole rings is 1. The minimum atomic E-state index is 0.289. The predicted octanol–water partition coefficient (Wildman–Crippen LogP) is 2.08. The molecule has 0 aliphatic carbocycles. The van der Waals surface area contributed by atoms with Gasteiger partial charge in [-0.25, -0.2) is 4.98 Å². The van der Waals surface area contributed by atoms with Crippen molar-refractivity contribution in [3.05, 3.63) is 34.0 Å². The van der Waals surface area contributed by atoms with Crippen LogP contribution in [-0.4, -0.2) is 21.3 Å². The van der Waals surface area contributed by atoms with Crippen molar-refractivity contribution in [2.75, 3.05) is 6.54 Å². The molecule has 1 N–H and O–H groups in total. The van der Waals surface area contributed by atoms with Gasteiger partial charge in [-0.1, -0.05) is 6.92 Å². The number of aryl methyl sites for hydroxylation is 2. The number of hydrogen-bond acceptors (Lipinski definition) is 4. The van der Waals surface area contributed by atoms with E-state index in [1.54, 1.807) is 11.3 Å². The molecule has 2 aromatic rings. The number of rotatable bonds is 5. The predicted molar refractivity (Wildman–Crippen MR) is 70.2 cm³/mol. The fourth-order valence-corrected chi connectivity index (χ4v) is 2.68. The molecule has 1 unspecified atom stereocenters. The Morgan fingerprint density at radius 1 is 1.53 bits per heavy atom. The number of hydrogen-bond donors (Lipinski definition) is 1. The smallest absolute Gasteiger partial charge is 0.0944 e. The molecule has 0 spiro atoms. The van der Waals surface area contributed by atoms with E-state index in [-0.39, 0.29) is 6.04 Å². The van der Waals surface area contributed by atoms with Gasteiger partial charge in [0.15, 0.2) is 0 Å². The average Bonchev–Trinajstić information content (AvgIpc) is 2.88. The van der Waals surface area contributed by atoms with Crippen LogP contribution in [-0.2, 0) is 13.5 Å². The Labute approximate surface area is 106 Å². The monoisotopic (exact) mass is 250 g/mol. The summed E-state index contributed by atoms with van der Waals surface area (Å²) in [5.74, 6) is 0. The molecule has 0 bridgehead atoms. The third-order valence-electron chi connectivity index (χ3n) is 2.71. The zero-order chi connectivity index (χ0) is 12.3. The van der Waals surface area contributed by atoms with Crippen LogP contribution in [0.5, 0.6) is 0 Å². The van der Waals surface area contributed by atoms with Crippen molar-refractivity contribution in [1.29, 1.82) is 0 Å². The zero-order valence-electron chi connectivity index (χ0n) is 10.5. The van der Waals surface area contributed by atoms with Crippen molar-refractivity contribution in [2.24, 2.45) is 7.05 Å². The lowest BCUT2D eigenvalue weighted by Crippen LogP contribution is -2.25. The number of aromatic nitrogens is 3. The topological polar surface area (TPSA) is 42.7 Å². The number of nitrogens with one attached hydrogen (secondary N) is 1. The van der Waals surface area contributed by atoms with Crippen LogP contribution >= 0.6 is 11.3 Å².